The van der Waals surface area contributed by atoms with E-state index in [1.165, 1.54) is 77.6 Å². The lowest BCUT2D eigenvalue weighted by Gasteiger charge is -1.97. The van der Waals surface area contributed by atoms with Crippen LogP contribution in [0.4, 0.5) is 0 Å². The van der Waals surface area contributed by atoms with Crippen LogP contribution >= 0.6 is 0 Å². The van der Waals surface area contributed by atoms with Gasteiger partial charge >= 0.3 is 11.9 Å². The lowest BCUT2D eigenvalue weighted by molar-refractivity contribution is -0.141. The number of hydrogen-bond donors (Lipinski definition) is 1. The third-order valence-corrected chi connectivity index (χ3v) is 5.07. The predicted octanol–water partition coefficient (Wildman–Crippen LogP) is 9.13. The van der Waals surface area contributed by atoms with Crippen molar-refractivity contribution in [1.82, 2.24) is 0 Å². The standard InChI is InChI=1S/C16H28O2.C14H24O2/c1-3-4-5-6-7-8-9-10-11-12-13-14-15-18-16(2)17;1-2-3-4-5-6-7-8-9-10-11-12-13-14(15)16/h10-13H,3-9,14-15H2,1-2H3;7-10H,2-6,11-13H2,1H3,(H,15,16)/b11-10+,13-12-;8-7+,10-9-. The molecule has 0 aliphatic carbocycles. The topological polar surface area (TPSA) is 63.6 Å². The van der Waals surface area contributed by atoms with Crippen LogP contribution in [0.15, 0.2) is 48.6 Å². The van der Waals surface area contributed by atoms with Gasteiger partial charge in [-0.2, -0.15) is 0 Å². The van der Waals surface area contributed by atoms with Gasteiger partial charge in [-0.25, -0.2) is 0 Å². The lowest BCUT2D eigenvalue weighted by atomic mass is 10.1. The van der Waals surface area contributed by atoms with Crippen LogP contribution in [-0.4, -0.2) is 23.7 Å². The van der Waals surface area contributed by atoms with Crippen LogP contribution in [0.25, 0.3) is 0 Å². The van der Waals surface area contributed by atoms with Crippen molar-refractivity contribution in [3.63, 3.8) is 0 Å². The highest BCUT2D eigenvalue weighted by molar-refractivity contribution is 5.66. The normalized spacial score (nSPS) is 11.5. The van der Waals surface area contributed by atoms with Gasteiger partial charge in [0.25, 0.3) is 0 Å². The number of carboxylic acid groups (broad SMARTS) is 1. The Hall–Kier alpha value is -2.10. The Bertz CT molecular complexity index is 558. The Kier molecular flexibility index (Phi) is 31.0. The molecule has 0 atom stereocenters. The number of carbonyl (C=O) groups excluding carboxylic acids is 1. The molecule has 0 unspecified atom stereocenters. The lowest BCUT2D eigenvalue weighted by Crippen LogP contribution is -1.98. The Balaban J connectivity index is 0. The van der Waals surface area contributed by atoms with E-state index in [1.54, 1.807) is 0 Å². The highest BCUT2D eigenvalue weighted by atomic mass is 16.5. The Morgan fingerprint density at radius 1 is 0.618 bits per heavy atom. The number of unbranched alkanes of at least 4 members (excludes halogenated alkanes) is 11. The molecule has 0 spiro atoms. The minimum atomic E-state index is -0.708. The molecule has 0 aliphatic rings. The number of aliphatic carboxylic acids is 1. The van der Waals surface area contributed by atoms with Crippen LogP contribution in [0.1, 0.15) is 124 Å². The van der Waals surface area contributed by atoms with Gasteiger partial charge < -0.3 is 9.84 Å². The number of ether oxygens (including phenoxy) is 1. The summed E-state index contributed by atoms with van der Waals surface area (Å²) in [6.45, 7) is 6.38. The molecule has 0 fully saturated rings. The van der Waals surface area contributed by atoms with E-state index in [0.29, 0.717) is 6.61 Å². The Morgan fingerprint density at radius 2 is 1.03 bits per heavy atom. The number of carboxylic acids is 1. The van der Waals surface area contributed by atoms with E-state index in [2.05, 4.69) is 38.2 Å². The number of hydrogen-bond acceptors (Lipinski definition) is 3. The van der Waals surface area contributed by atoms with E-state index >= 15 is 0 Å². The summed E-state index contributed by atoms with van der Waals surface area (Å²) < 4.78 is 4.82. The molecular weight excluding hydrogens is 424 g/mol. The maximum absolute atomic E-state index is 10.5. The van der Waals surface area contributed by atoms with Gasteiger partial charge in [-0.3, -0.25) is 9.59 Å². The summed E-state index contributed by atoms with van der Waals surface area (Å²) in [5.41, 5.74) is 0. The van der Waals surface area contributed by atoms with Crippen molar-refractivity contribution in [2.45, 2.75) is 124 Å². The minimum absolute atomic E-state index is 0.206. The van der Waals surface area contributed by atoms with Crippen molar-refractivity contribution in [2.75, 3.05) is 6.61 Å². The average molecular weight is 477 g/mol. The number of rotatable bonds is 21. The molecule has 1 N–H and O–H groups in total. The Labute approximate surface area is 210 Å². The van der Waals surface area contributed by atoms with Crippen LogP contribution in [-0.2, 0) is 14.3 Å². The zero-order valence-corrected chi connectivity index (χ0v) is 22.3. The number of allylic oxidation sites excluding steroid dienone is 7. The van der Waals surface area contributed by atoms with E-state index in [0.717, 1.165) is 25.7 Å². The summed E-state index contributed by atoms with van der Waals surface area (Å²) in [4.78, 5) is 20.7. The van der Waals surface area contributed by atoms with Crippen LogP contribution in [0, 0.1) is 0 Å². The van der Waals surface area contributed by atoms with E-state index in [-0.39, 0.29) is 12.4 Å². The van der Waals surface area contributed by atoms with E-state index in [4.69, 9.17) is 9.84 Å². The first-order chi connectivity index (χ1) is 16.5. The highest BCUT2D eigenvalue weighted by Crippen LogP contribution is 2.07. The van der Waals surface area contributed by atoms with E-state index < -0.39 is 5.97 Å². The van der Waals surface area contributed by atoms with Gasteiger partial charge in [-0.15, -0.1) is 0 Å². The molecule has 4 nitrogen and oxygen atoms in total. The fourth-order valence-electron chi connectivity index (χ4n) is 3.07. The van der Waals surface area contributed by atoms with Crippen molar-refractivity contribution in [3.05, 3.63) is 48.6 Å². The summed E-state index contributed by atoms with van der Waals surface area (Å²) in [5.74, 6) is -0.915. The maximum atomic E-state index is 10.5. The van der Waals surface area contributed by atoms with Gasteiger partial charge in [0.15, 0.2) is 0 Å². The monoisotopic (exact) mass is 476 g/mol. The molecule has 0 saturated heterocycles. The summed E-state index contributed by atoms with van der Waals surface area (Å²) in [6, 6.07) is 0. The SMILES string of the molecule is CCCCCC/C=C/C=C\CCCC(=O)O.CCCCCCCC/C=C/C=C\CCOC(C)=O. The number of esters is 1. The van der Waals surface area contributed by atoms with Crippen molar-refractivity contribution in [3.8, 4) is 0 Å². The molecule has 196 valence electrons. The maximum Gasteiger partial charge on any atom is 0.303 e. The summed E-state index contributed by atoms with van der Waals surface area (Å²) in [6.07, 6.45) is 34.9. The first-order valence-corrected chi connectivity index (χ1v) is 13.5. The second-order valence-corrected chi connectivity index (χ2v) is 8.53. The summed E-state index contributed by atoms with van der Waals surface area (Å²) in [5, 5.41) is 8.42. The van der Waals surface area contributed by atoms with Gasteiger partial charge in [0.2, 0.25) is 0 Å². The highest BCUT2D eigenvalue weighted by Gasteiger charge is 1.92. The van der Waals surface area contributed by atoms with Crippen LogP contribution < -0.4 is 0 Å². The molecule has 0 aliphatic heterocycles. The molecule has 0 aromatic rings. The van der Waals surface area contributed by atoms with Crippen molar-refractivity contribution < 1.29 is 19.4 Å². The third-order valence-electron chi connectivity index (χ3n) is 5.07. The molecule has 0 saturated carbocycles. The smallest absolute Gasteiger partial charge is 0.303 e. The molecule has 34 heavy (non-hydrogen) atoms. The van der Waals surface area contributed by atoms with Crippen LogP contribution in [0.5, 0.6) is 0 Å². The molecule has 0 radical (unpaired) electrons. The zero-order chi connectivity index (χ0) is 25.5. The van der Waals surface area contributed by atoms with Gasteiger partial charge in [-0.1, -0.05) is 114 Å². The quantitative estimate of drug-likeness (QED) is 0.102. The molecule has 0 rings (SSSR count). The van der Waals surface area contributed by atoms with Gasteiger partial charge in [0.05, 0.1) is 6.61 Å². The third kappa shape index (κ3) is 37.2. The molecule has 0 heterocycles. The van der Waals surface area contributed by atoms with Gasteiger partial charge in [0.1, 0.15) is 0 Å². The first-order valence-electron chi connectivity index (χ1n) is 13.5. The summed E-state index contributed by atoms with van der Waals surface area (Å²) >= 11 is 0. The summed E-state index contributed by atoms with van der Waals surface area (Å²) in [7, 11) is 0. The number of carbonyl (C=O) groups is 2. The van der Waals surface area contributed by atoms with Crippen LogP contribution in [0.2, 0.25) is 0 Å². The van der Waals surface area contributed by atoms with Gasteiger partial charge in [-0.05, 0) is 44.9 Å². The fourth-order valence-corrected chi connectivity index (χ4v) is 3.07. The predicted molar refractivity (Wildman–Crippen MR) is 146 cm³/mol. The molecular formula is C30H52O4. The van der Waals surface area contributed by atoms with Crippen LogP contribution in [0.3, 0.4) is 0 Å². The van der Waals surface area contributed by atoms with E-state index in [1.807, 2.05) is 24.3 Å². The molecule has 4 heteroatoms. The fraction of sp³-hybridized carbons (Fsp3) is 0.667. The molecule has 0 amide bonds. The van der Waals surface area contributed by atoms with Gasteiger partial charge in [0, 0.05) is 13.3 Å². The molecule has 0 aromatic heterocycles. The Morgan fingerprint density at radius 3 is 1.50 bits per heavy atom. The second kappa shape index (κ2) is 30.9. The minimum Gasteiger partial charge on any atom is -0.481 e. The van der Waals surface area contributed by atoms with Crippen molar-refractivity contribution >= 4 is 11.9 Å². The molecule has 0 bridgehead atoms. The van der Waals surface area contributed by atoms with Crippen molar-refractivity contribution in [2.24, 2.45) is 0 Å². The largest absolute Gasteiger partial charge is 0.481 e. The second-order valence-electron chi connectivity index (χ2n) is 8.53. The first kappa shape index (κ1) is 34.1. The van der Waals surface area contributed by atoms with Crippen molar-refractivity contribution in [1.29, 1.82) is 0 Å². The van der Waals surface area contributed by atoms with E-state index in [9.17, 15) is 9.59 Å². The zero-order valence-electron chi connectivity index (χ0n) is 22.3. The molecule has 0 aromatic carbocycles. The average Bonchev–Trinajstić information content (AvgIpc) is 2.80.